The van der Waals surface area contributed by atoms with Crippen molar-refractivity contribution in [2.75, 3.05) is 18.0 Å². The number of nitrogens with zero attached hydrogens (tertiary/aromatic N) is 3. The van der Waals surface area contributed by atoms with Crippen LogP contribution in [0.1, 0.15) is 24.6 Å². The van der Waals surface area contributed by atoms with Crippen molar-refractivity contribution in [1.29, 1.82) is 0 Å². The first-order valence-electron chi connectivity index (χ1n) is 10.5. The standard InChI is InChI=1S/C24H25F3N4/c1-15-11-17(28)14-31(13-15)22-9-10-29-12-16(22)5-6-18-7-8-21(27)24(30-18)23-19(25)3-2-4-20(23)26/h2-4,7-10,12,15,17H,5-6,11,13-14,28H2,1H3/t15-,17+/m1/s1. The smallest absolute Gasteiger partial charge is 0.149 e. The van der Waals surface area contributed by atoms with Gasteiger partial charge in [0, 0.05) is 42.9 Å². The summed E-state index contributed by atoms with van der Waals surface area (Å²) < 4.78 is 42.6. The molecule has 0 bridgehead atoms. The van der Waals surface area contributed by atoms with Gasteiger partial charge in [0.1, 0.15) is 23.1 Å². The van der Waals surface area contributed by atoms with E-state index in [0.29, 0.717) is 24.5 Å². The van der Waals surface area contributed by atoms with Crippen molar-refractivity contribution in [1.82, 2.24) is 9.97 Å². The molecule has 162 valence electrons. The molecule has 3 heterocycles. The number of piperidine rings is 1. The highest BCUT2D eigenvalue weighted by molar-refractivity contribution is 5.61. The van der Waals surface area contributed by atoms with Gasteiger partial charge in [-0.25, -0.2) is 18.2 Å². The maximum Gasteiger partial charge on any atom is 0.149 e. The van der Waals surface area contributed by atoms with E-state index in [4.69, 9.17) is 5.73 Å². The van der Waals surface area contributed by atoms with Crippen LogP contribution in [0.25, 0.3) is 11.3 Å². The Morgan fingerprint density at radius 1 is 1.00 bits per heavy atom. The molecule has 31 heavy (non-hydrogen) atoms. The minimum Gasteiger partial charge on any atom is -0.369 e. The van der Waals surface area contributed by atoms with Gasteiger partial charge in [0.25, 0.3) is 0 Å². The van der Waals surface area contributed by atoms with Crippen molar-refractivity contribution in [2.24, 2.45) is 11.7 Å². The Morgan fingerprint density at radius 3 is 2.52 bits per heavy atom. The third kappa shape index (κ3) is 4.71. The molecule has 2 atom stereocenters. The number of aryl methyl sites for hydroxylation is 2. The number of benzene rings is 1. The molecule has 1 aliphatic heterocycles. The van der Waals surface area contributed by atoms with Crippen molar-refractivity contribution in [3.8, 4) is 11.3 Å². The second-order valence-electron chi connectivity index (χ2n) is 8.24. The van der Waals surface area contributed by atoms with Crippen molar-refractivity contribution < 1.29 is 13.2 Å². The molecule has 0 unspecified atom stereocenters. The zero-order valence-electron chi connectivity index (χ0n) is 17.4. The van der Waals surface area contributed by atoms with Crippen LogP contribution in [0, 0.1) is 23.4 Å². The molecule has 0 radical (unpaired) electrons. The lowest BCUT2D eigenvalue weighted by Crippen LogP contribution is -2.46. The van der Waals surface area contributed by atoms with Crippen LogP contribution in [0.15, 0.2) is 48.8 Å². The second-order valence-corrected chi connectivity index (χ2v) is 8.24. The summed E-state index contributed by atoms with van der Waals surface area (Å²) in [5.74, 6) is -1.94. The van der Waals surface area contributed by atoms with Crippen LogP contribution in [0.2, 0.25) is 0 Å². The van der Waals surface area contributed by atoms with Crippen LogP contribution >= 0.6 is 0 Å². The molecule has 1 saturated heterocycles. The third-order valence-corrected chi connectivity index (χ3v) is 5.66. The van der Waals surface area contributed by atoms with Crippen LogP contribution in [0.5, 0.6) is 0 Å². The SMILES string of the molecule is C[C@@H]1C[C@H](N)CN(c2ccncc2CCc2ccc(F)c(-c3c(F)cccc3F)n2)C1. The van der Waals surface area contributed by atoms with E-state index in [2.05, 4.69) is 21.8 Å². The Morgan fingerprint density at radius 2 is 1.77 bits per heavy atom. The van der Waals surface area contributed by atoms with Crippen LogP contribution in [-0.4, -0.2) is 29.1 Å². The van der Waals surface area contributed by atoms with Gasteiger partial charge in [-0.2, -0.15) is 0 Å². The fraction of sp³-hybridized carbons (Fsp3) is 0.333. The van der Waals surface area contributed by atoms with Gasteiger partial charge in [0.2, 0.25) is 0 Å². The van der Waals surface area contributed by atoms with Crippen LogP contribution < -0.4 is 10.6 Å². The Kier molecular flexibility index (Phi) is 6.23. The lowest BCUT2D eigenvalue weighted by atomic mass is 9.95. The highest BCUT2D eigenvalue weighted by atomic mass is 19.1. The van der Waals surface area contributed by atoms with Crippen molar-refractivity contribution in [3.05, 3.63) is 77.5 Å². The summed E-state index contributed by atoms with van der Waals surface area (Å²) in [6.45, 7) is 3.90. The van der Waals surface area contributed by atoms with Crippen LogP contribution in [0.3, 0.4) is 0 Å². The van der Waals surface area contributed by atoms with E-state index in [0.717, 1.165) is 42.9 Å². The Labute approximate surface area is 179 Å². The highest BCUT2D eigenvalue weighted by Gasteiger charge is 2.24. The normalized spacial score (nSPS) is 18.9. The first-order chi connectivity index (χ1) is 14.9. The molecule has 3 aromatic rings. The van der Waals surface area contributed by atoms with Crippen molar-refractivity contribution >= 4 is 5.69 Å². The number of halogens is 3. The summed E-state index contributed by atoms with van der Waals surface area (Å²) >= 11 is 0. The molecule has 2 N–H and O–H groups in total. The molecule has 0 amide bonds. The highest BCUT2D eigenvalue weighted by Crippen LogP contribution is 2.29. The molecule has 7 heteroatoms. The molecule has 0 aliphatic carbocycles. The van der Waals surface area contributed by atoms with Gasteiger partial charge in [-0.15, -0.1) is 0 Å². The number of anilines is 1. The van der Waals surface area contributed by atoms with E-state index in [-0.39, 0.29) is 11.7 Å². The lowest BCUT2D eigenvalue weighted by Gasteiger charge is -2.37. The maximum atomic E-state index is 14.3. The van der Waals surface area contributed by atoms with Gasteiger partial charge in [-0.1, -0.05) is 13.0 Å². The summed E-state index contributed by atoms with van der Waals surface area (Å²) in [4.78, 5) is 10.8. The largest absolute Gasteiger partial charge is 0.369 e. The van der Waals surface area contributed by atoms with Gasteiger partial charge in [0.15, 0.2) is 0 Å². The quantitative estimate of drug-likeness (QED) is 0.652. The molecule has 2 aromatic heterocycles. The van der Waals surface area contributed by atoms with Gasteiger partial charge >= 0.3 is 0 Å². The van der Waals surface area contributed by atoms with E-state index in [9.17, 15) is 13.2 Å². The fourth-order valence-corrected chi connectivity index (χ4v) is 4.30. The number of hydrogen-bond acceptors (Lipinski definition) is 4. The van der Waals surface area contributed by atoms with E-state index in [1.807, 2.05) is 12.3 Å². The van der Waals surface area contributed by atoms with Gasteiger partial charge in [-0.05, 0) is 61.1 Å². The number of aromatic nitrogens is 2. The molecule has 0 spiro atoms. The van der Waals surface area contributed by atoms with Crippen LogP contribution in [0.4, 0.5) is 18.9 Å². The first-order valence-corrected chi connectivity index (χ1v) is 10.5. The minimum absolute atomic E-state index is 0.127. The lowest BCUT2D eigenvalue weighted by molar-refractivity contribution is 0.401. The molecule has 4 nitrogen and oxygen atoms in total. The van der Waals surface area contributed by atoms with Gasteiger partial charge < -0.3 is 10.6 Å². The van der Waals surface area contributed by atoms with Gasteiger partial charge in [0.05, 0.1) is 5.56 Å². The second kappa shape index (κ2) is 9.06. The predicted octanol–water partition coefficient (Wildman–Crippen LogP) is 4.52. The average Bonchev–Trinajstić information content (AvgIpc) is 2.73. The van der Waals surface area contributed by atoms with E-state index >= 15 is 0 Å². The Bertz CT molecular complexity index is 1040. The Hall–Kier alpha value is -2.93. The third-order valence-electron chi connectivity index (χ3n) is 5.66. The summed E-state index contributed by atoms with van der Waals surface area (Å²) in [6.07, 6.45) is 5.68. The molecule has 1 aromatic carbocycles. The number of pyridine rings is 2. The summed E-state index contributed by atoms with van der Waals surface area (Å²) in [5.41, 5.74) is 8.13. The number of hydrogen-bond donors (Lipinski definition) is 1. The number of rotatable bonds is 5. The molecular weight excluding hydrogens is 401 g/mol. The molecule has 1 aliphatic rings. The van der Waals surface area contributed by atoms with E-state index in [1.54, 1.807) is 12.3 Å². The Balaban J connectivity index is 1.57. The zero-order valence-corrected chi connectivity index (χ0v) is 17.4. The molecule has 4 rings (SSSR count). The fourth-order valence-electron chi connectivity index (χ4n) is 4.30. The average molecular weight is 426 g/mol. The maximum absolute atomic E-state index is 14.3. The molecule has 0 saturated carbocycles. The van der Waals surface area contributed by atoms with E-state index in [1.165, 1.54) is 12.1 Å². The van der Waals surface area contributed by atoms with E-state index < -0.39 is 23.0 Å². The topological polar surface area (TPSA) is 55.0 Å². The predicted molar refractivity (Wildman–Crippen MR) is 115 cm³/mol. The molecule has 1 fully saturated rings. The van der Waals surface area contributed by atoms with Crippen molar-refractivity contribution in [3.63, 3.8) is 0 Å². The summed E-state index contributed by atoms with van der Waals surface area (Å²) in [6, 6.07) is 8.30. The first kappa shape index (κ1) is 21.3. The van der Waals surface area contributed by atoms with Crippen LogP contribution in [-0.2, 0) is 12.8 Å². The molecular formula is C24H25F3N4. The van der Waals surface area contributed by atoms with Crippen molar-refractivity contribution in [2.45, 2.75) is 32.2 Å². The summed E-state index contributed by atoms with van der Waals surface area (Å²) in [5, 5.41) is 0. The monoisotopic (exact) mass is 426 g/mol. The zero-order chi connectivity index (χ0) is 22.0. The number of nitrogens with two attached hydrogens (primary N) is 1. The van der Waals surface area contributed by atoms with Gasteiger partial charge in [-0.3, -0.25) is 4.98 Å². The summed E-state index contributed by atoms with van der Waals surface area (Å²) in [7, 11) is 0. The minimum atomic E-state index is -0.839.